The van der Waals surface area contributed by atoms with Crippen LogP contribution in [0.2, 0.25) is 0 Å². The average molecular weight is 269 g/mol. The van der Waals surface area contributed by atoms with Crippen LogP contribution in [0, 0.1) is 0 Å². The first-order valence-electron chi connectivity index (χ1n) is 7.27. The highest BCUT2D eigenvalue weighted by Gasteiger charge is 2.09. The van der Waals surface area contributed by atoms with Crippen molar-refractivity contribution >= 4 is 0 Å². The van der Waals surface area contributed by atoms with E-state index in [2.05, 4.69) is 36.5 Å². The molecule has 2 aromatic rings. The Kier molecular flexibility index (Phi) is 5.63. The summed E-state index contributed by atoms with van der Waals surface area (Å²) >= 11 is 0. The van der Waals surface area contributed by atoms with Gasteiger partial charge in [0.05, 0.1) is 6.04 Å². The summed E-state index contributed by atoms with van der Waals surface area (Å²) in [6.45, 7) is 2.84. The minimum atomic E-state index is 0.214. The van der Waals surface area contributed by atoms with Gasteiger partial charge in [0.25, 0.3) is 0 Å². The van der Waals surface area contributed by atoms with Crippen LogP contribution in [0.1, 0.15) is 30.5 Å². The maximum Gasteiger partial charge on any atom is 0.119 e. The topological polar surface area (TPSA) is 21.3 Å². The number of rotatable bonds is 7. The molecule has 0 spiro atoms. The zero-order valence-electron chi connectivity index (χ0n) is 12.3. The first kappa shape index (κ1) is 14.6. The second-order valence-corrected chi connectivity index (χ2v) is 4.96. The third-order valence-electron chi connectivity index (χ3n) is 3.43. The Balaban J connectivity index is 1.97. The van der Waals surface area contributed by atoms with Crippen LogP contribution < -0.4 is 10.1 Å². The Morgan fingerprint density at radius 2 is 1.70 bits per heavy atom. The van der Waals surface area contributed by atoms with Crippen molar-refractivity contribution in [3.63, 3.8) is 0 Å². The van der Waals surface area contributed by atoms with E-state index >= 15 is 0 Å². The minimum Gasteiger partial charge on any atom is -0.492 e. The van der Waals surface area contributed by atoms with Gasteiger partial charge >= 0.3 is 0 Å². The number of benzene rings is 2. The number of hydrogen-bond donors (Lipinski definition) is 1. The molecule has 0 saturated carbocycles. The zero-order chi connectivity index (χ0) is 14.2. The van der Waals surface area contributed by atoms with E-state index in [4.69, 9.17) is 4.74 Å². The van der Waals surface area contributed by atoms with Gasteiger partial charge in [-0.25, -0.2) is 0 Å². The summed E-state index contributed by atoms with van der Waals surface area (Å²) in [6, 6.07) is 19.0. The molecule has 0 radical (unpaired) electrons. The molecule has 0 bridgehead atoms. The fraction of sp³-hybridized carbons (Fsp3) is 0.333. The maximum atomic E-state index is 5.83. The molecule has 0 amide bonds. The molecule has 1 N–H and O–H groups in total. The van der Waals surface area contributed by atoms with Crippen LogP contribution in [0.3, 0.4) is 0 Å². The van der Waals surface area contributed by atoms with Crippen molar-refractivity contribution in [2.24, 2.45) is 0 Å². The Bertz CT molecular complexity index is 493. The second-order valence-electron chi connectivity index (χ2n) is 4.96. The third kappa shape index (κ3) is 4.10. The summed E-state index contributed by atoms with van der Waals surface area (Å²) in [5, 5.41) is 3.32. The summed E-state index contributed by atoms with van der Waals surface area (Å²) in [5.74, 6) is 0.912. The summed E-state index contributed by atoms with van der Waals surface area (Å²) in [5.41, 5.74) is 2.67. The molecular weight excluding hydrogens is 246 g/mol. The highest BCUT2D eigenvalue weighted by molar-refractivity contribution is 5.26. The van der Waals surface area contributed by atoms with Gasteiger partial charge in [-0.2, -0.15) is 0 Å². The van der Waals surface area contributed by atoms with Crippen molar-refractivity contribution < 1.29 is 4.74 Å². The number of aryl methyl sites for hydroxylation is 1. The van der Waals surface area contributed by atoms with Crippen molar-refractivity contribution in [1.82, 2.24) is 5.32 Å². The van der Waals surface area contributed by atoms with Crippen LogP contribution in [0.4, 0.5) is 0 Å². The van der Waals surface area contributed by atoms with E-state index in [1.165, 1.54) is 17.5 Å². The van der Waals surface area contributed by atoms with E-state index in [1.54, 1.807) is 0 Å². The number of ether oxygens (including phenoxy) is 1. The standard InChI is InChI=1S/C18H23NO/c1-3-7-15-10-12-16(13-11-15)18(19-2)14-20-17-8-5-4-6-9-17/h4-6,8-13,18-19H,3,7,14H2,1-2H3. The SMILES string of the molecule is CCCc1ccc(C(COc2ccccc2)NC)cc1. The molecule has 106 valence electrons. The van der Waals surface area contributed by atoms with Crippen LogP contribution in [0.25, 0.3) is 0 Å². The maximum absolute atomic E-state index is 5.83. The van der Waals surface area contributed by atoms with E-state index < -0.39 is 0 Å². The van der Waals surface area contributed by atoms with Gasteiger partial charge in [0.2, 0.25) is 0 Å². The van der Waals surface area contributed by atoms with E-state index in [-0.39, 0.29) is 6.04 Å². The Labute approximate surface area is 121 Å². The lowest BCUT2D eigenvalue weighted by atomic mass is 10.0. The fourth-order valence-corrected chi connectivity index (χ4v) is 2.25. The quantitative estimate of drug-likeness (QED) is 0.821. The molecule has 2 nitrogen and oxygen atoms in total. The zero-order valence-corrected chi connectivity index (χ0v) is 12.3. The van der Waals surface area contributed by atoms with Crippen LogP contribution in [0.15, 0.2) is 54.6 Å². The fourth-order valence-electron chi connectivity index (χ4n) is 2.25. The van der Waals surface area contributed by atoms with Crippen molar-refractivity contribution in [3.8, 4) is 5.75 Å². The number of para-hydroxylation sites is 1. The van der Waals surface area contributed by atoms with E-state index in [1.807, 2.05) is 37.4 Å². The van der Waals surface area contributed by atoms with Gasteiger partial charge in [-0.05, 0) is 36.7 Å². The van der Waals surface area contributed by atoms with Gasteiger partial charge < -0.3 is 10.1 Å². The van der Waals surface area contributed by atoms with Gasteiger partial charge in [-0.15, -0.1) is 0 Å². The molecule has 0 aliphatic heterocycles. The van der Waals surface area contributed by atoms with Crippen LogP contribution >= 0.6 is 0 Å². The molecule has 0 heterocycles. The third-order valence-corrected chi connectivity index (χ3v) is 3.43. The van der Waals surface area contributed by atoms with E-state index in [0.717, 1.165) is 12.2 Å². The first-order chi connectivity index (χ1) is 9.83. The molecule has 0 fully saturated rings. The van der Waals surface area contributed by atoms with E-state index in [9.17, 15) is 0 Å². The Morgan fingerprint density at radius 3 is 2.30 bits per heavy atom. The van der Waals surface area contributed by atoms with Crippen LogP contribution in [-0.4, -0.2) is 13.7 Å². The highest BCUT2D eigenvalue weighted by Crippen LogP contribution is 2.17. The Morgan fingerprint density at radius 1 is 1.00 bits per heavy atom. The number of likely N-dealkylation sites (N-methyl/N-ethyl adjacent to an activating group) is 1. The summed E-state index contributed by atoms with van der Waals surface area (Å²) < 4.78 is 5.83. The first-order valence-corrected chi connectivity index (χ1v) is 7.27. The molecular formula is C18H23NO. The molecule has 2 aromatic carbocycles. The van der Waals surface area contributed by atoms with Crippen LogP contribution in [0.5, 0.6) is 5.75 Å². The lowest BCUT2D eigenvalue weighted by molar-refractivity contribution is 0.273. The molecule has 0 aliphatic rings. The predicted molar refractivity (Wildman–Crippen MR) is 84.2 cm³/mol. The lowest BCUT2D eigenvalue weighted by Crippen LogP contribution is -2.23. The van der Waals surface area contributed by atoms with Crippen molar-refractivity contribution in [3.05, 3.63) is 65.7 Å². The van der Waals surface area contributed by atoms with E-state index in [0.29, 0.717) is 6.61 Å². The normalized spacial score (nSPS) is 12.1. The number of nitrogens with one attached hydrogen (secondary N) is 1. The molecule has 2 rings (SSSR count). The molecule has 20 heavy (non-hydrogen) atoms. The molecule has 0 aliphatic carbocycles. The van der Waals surface area contributed by atoms with Gasteiger partial charge in [-0.1, -0.05) is 55.8 Å². The lowest BCUT2D eigenvalue weighted by Gasteiger charge is -2.18. The molecule has 2 heteroatoms. The van der Waals surface area contributed by atoms with Crippen molar-refractivity contribution in [2.45, 2.75) is 25.8 Å². The predicted octanol–water partition coefficient (Wildman–Crippen LogP) is 3.98. The molecule has 1 unspecified atom stereocenters. The second kappa shape index (κ2) is 7.71. The van der Waals surface area contributed by atoms with Crippen molar-refractivity contribution in [1.29, 1.82) is 0 Å². The largest absolute Gasteiger partial charge is 0.492 e. The molecule has 0 aromatic heterocycles. The summed E-state index contributed by atoms with van der Waals surface area (Å²) in [4.78, 5) is 0. The Hall–Kier alpha value is -1.80. The van der Waals surface area contributed by atoms with Gasteiger partial charge in [0.1, 0.15) is 12.4 Å². The highest BCUT2D eigenvalue weighted by atomic mass is 16.5. The van der Waals surface area contributed by atoms with Crippen LogP contribution in [-0.2, 0) is 6.42 Å². The average Bonchev–Trinajstić information content (AvgIpc) is 2.51. The summed E-state index contributed by atoms with van der Waals surface area (Å²) in [6.07, 6.45) is 2.33. The smallest absolute Gasteiger partial charge is 0.119 e. The number of hydrogen-bond acceptors (Lipinski definition) is 2. The van der Waals surface area contributed by atoms with Gasteiger partial charge in [-0.3, -0.25) is 0 Å². The molecule has 0 saturated heterocycles. The minimum absolute atomic E-state index is 0.214. The molecule has 1 atom stereocenters. The van der Waals surface area contributed by atoms with Gasteiger partial charge in [0, 0.05) is 0 Å². The summed E-state index contributed by atoms with van der Waals surface area (Å²) in [7, 11) is 1.97. The monoisotopic (exact) mass is 269 g/mol. The van der Waals surface area contributed by atoms with Gasteiger partial charge in [0.15, 0.2) is 0 Å². The van der Waals surface area contributed by atoms with Crippen molar-refractivity contribution in [2.75, 3.05) is 13.7 Å².